The molecule has 1 unspecified atom stereocenters. The molecular weight excluding hydrogens is 268 g/mol. The standard InChI is InChI=1S/C16H20N2O3/c1-3-10-8-12(9(2)17-15(10)19)13-6-7-14(21-13)16(20)18-11-4-5-11/h6,8,11,14H,3-5,7H2,1-2H3,(H,17,19)(H,18,20). The average molecular weight is 288 g/mol. The summed E-state index contributed by atoms with van der Waals surface area (Å²) in [4.78, 5) is 26.6. The highest BCUT2D eigenvalue weighted by atomic mass is 16.5. The van der Waals surface area contributed by atoms with Gasteiger partial charge in [0.05, 0.1) is 0 Å². The third-order valence-electron chi connectivity index (χ3n) is 3.96. The molecular formula is C16H20N2O3. The van der Waals surface area contributed by atoms with Crippen molar-refractivity contribution < 1.29 is 9.53 Å². The third kappa shape index (κ3) is 2.86. The van der Waals surface area contributed by atoms with E-state index in [1.807, 2.05) is 26.0 Å². The number of carbonyl (C=O) groups is 1. The number of hydrogen-bond donors (Lipinski definition) is 2. The number of hydrogen-bond acceptors (Lipinski definition) is 3. The zero-order chi connectivity index (χ0) is 15.0. The van der Waals surface area contributed by atoms with Crippen molar-refractivity contribution in [3.63, 3.8) is 0 Å². The van der Waals surface area contributed by atoms with Gasteiger partial charge in [-0.25, -0.2) is 0 Å². The minimum absolute atomic E-state index is 0.0402. The molecule has 0 aromatic carbocycles. The Balaban J connectivity index is 1.76. The van der Waals surface area contributed by atoms with Crippen LogP contribution in [0.4, 0.5) is 0 Å². The molecule has 1 aliphatic heterocycles. The molecule has 112 valence electrons. The number of carbonyl (C=O) groups excluding carboxylic acids is 1. The summed E-state index contributed by atoms with van der Waals surface area (Å²) in [7, 11) is 0. The van der Waals surface area contributed by atoms with E-state index in [4.69, 9.17) is 4.74 Å². The van der Waals surface area contributed by atoms with Crippen molar-refractivity contribution in [2.24, 2.45) is 0 Å². The van der Waals surface area contributed by atoms with Crippen molar-refractivity contribution in [1.29, 1.82) is 0 Å². The molecule has 2 N–H and O–H groups in total. The highest BCUT2D eigenvalue weighted by molar-refractivity contribution is 5.84. The van der Waals surface area contributed by atoms with Crippen molar-refractivity contribution in [3.05, 3.63) is 39.3 Å². The van der Waals surface area contributed by atoms with Gasteiger partial charge >= 0.3 is 0 Å². The van der Waals surface area contributed by atoms with Crippen LogP contribution in [0.1, 0.15) is 43.0 Å². The average Bonchev–Trinajstić information content (AvgIpc) is 3.13. The summed E-state index contributed by atoms with van der Waals surface area (Å²) in [5.41, 5.74) is 2.31. The van der Waals surface area contributed by atoms with Crippen LogP contribution in [-0.2, 0) is 16.0 Å². The predicted octanol–water partition coefficient (Wildman–Crippen LogP) is 1.65. The van der Waals surface area contributed by atoms with E-state index >= 15 is 0 Å². The maximum atomic E-state index is 12.0. The van der Waals surface area contributed by atoms with Gasteiger partial charge in [-0.3, -0.25) is 9.59 Å². The Kier molecular flexibility index (Phi) is 3.57. The van der Waals surface area contributed by atoms with E-state index in [0.717, 1.165) is 29.7 Å². The summed E-state index contributed by atoms with van der Waals surface area (Å²) in [6.45, 7) is 3.79. The molecule has 1 fully saturated rings. The fourth-order valence-electron chi connectivity index (χ4n) is 2.50. The maximum absolute atomic E-state index is 12.0. The molecule has 1 saturated carbocycles. The molecule has 3 rings (SSSR count). The quantitative estimate of drug-likeness (QED) is 0.885. The van der Waals surface area contributed by atoms with Gasteiger partial charge in [-0.15, -0.1) is 0 Å². The molecule has 0 bridgehead atoms. The summed E-state index contributed by atoms with van der Waals surface area (Å²) >= 11 is 0. The van der Waals surface area contributed by atoms with E-state index in [1.165, 1.54) is 0 Å². The Hall–Kier alpha value is -2.04. The summed E-state index contributed by atoms with van der Waals surface area (Å²) in [6.07, 6.45) is 4.86. The SMILES string of the molecule is CCc1cc(C2=CCC(C(=O)NC3CC3)O2)c(C)[nH]c1=O. The van der Waals surface area contributed by atoms with E-state index < -0.39 is 6.10 Å². The van der Waals surface area contributed by atoms with Gasteiger partial charge in [0.1, 0.15) is 5.76 Å². The second-order valence-electron chi connectivity index (χ2n) is 5.71. The Morgan fingerprint density at radius 1 is 1.48 bits per heavy atom. The number of aryl methyl sites for hydroxylation is 2. The minimum Gasteiger partial charge on any atom is -0.480 e. The zero-order valence-electron chi connectivity index (χ0n) is 12.4. The van der Waals surface area contributed by atoms with Gasteiger partial charge in [-0.05, 0) is 38.3 Å². The second kappa shape index (κ2) is 5.39. The van der Waals surface area contributed by atoms with Crippen LogP contribution >= 0.6 is 0 Å². The van der Waals surface area contributed by atoms with Gasteiger partial charge in [0, 0.05) is 29.3 Å². The number of aromatic amines is 1. The summed E-state index contributed by atoms with van der Waals surface area (Å²) < 4.78 is 5.79. The lowest BCUT2D eigenvalue weighted by Crippen LogP contribution is -2.35. The number of nitrogens with one attached hydrogen (secondary N) is 2. The summed E-state index contributed by atoms with van der Waals surface area (Å²) in [6, 6.07) is 2.20. The first kappa shape index (κ1) is 13.9. The number of rotatable bonds is 4. The number of amides is 1. The van der Waals surface area contributed by atoms with Gasteiger partial charge < -0.3 is 15.0 Å². The van der Waals surface area contributed by atoms with E-state index in [0.29, 0.717) is 24.6 Å². The van der Waals surface area contributed by atoms with Crippen LogP contribution in [0.3, 0.4) is 0 Å². The van der Waals surface area contributed by atoms with Crippen LogP contribution in [0.5, 0.6) is 0 Å². The van der Waals surface area contributed by atoms with Crippen LogP contribution in [0, 0.1) is 6.92 Å². The Morgan fingerprint density at radius 2 is 2.24 bits per heavy atom. The molecule has 5 nitrogen and oxygen atoms in total. The van der Waals surface area contributed by atoms with Gasteiger partial charge in [0.15, 0.2) is 6.10 Å². The topological polar surface area (TPSA) is 71.2 Å². The van der Waals surface area contributed by atoms with Gasteiger partial charge in [0.25, 0.3) is 11.5 Å². The molecule has 2 aliphatic rings. The van der Waals surface area contributed by atoms with Crippen molar-refractivity contribution in [3.8, 4) is 0 Å². The highest BCUT2D eigenvalue weighted by Crippen LogP contribution is 2.29. The van der Waals surface area contributed by atoms with E-state index in [1.54, 1.807) is 0 Å². The second-order valence-corrected chi connectivity index (χ2v) is 5.71. The van der Waals surface area contributed by atoms with E-state index in [9.17, 15) is 9.59 Å². The molecule has 2 heterocycles. The Labute approximate surface area is 123 Å². The molecule has 5 heteroatoms. The summed E-state index contributed by atoms with van der Waals surface area (Å²) in [5, 5.41) is 2.96. The highest BCUT2D eigenvalue weighted by Gasteiger charge is 2.31. The Bertz CT molecular complexity index is 656. The number of pyridine rings is 1. The number of H-pyrrole nitrogens is 1. The molecule has 1 aromatic rings. The monoisotopic (exact) mass is 288 g/mol. The fourth-order valence-corrected chi connectivity index (χ4v) is 2.50. The van der Waals surface area contributed by atoms with Crippen LogP contribution in [0.25, 0.3) is 5.76 Å². The lowest BCUT2D eigenvalue weighted by molar-refractivity contribution is -0.128. The maximum Gasteiger partial charge on any atom is 0.261 e. The molecule has 1 aliphatic carbocycles. The van der Waals surface area contributed by atoms with Crippen LogP contribution in [0.2, 0.25) is 0 Å². The first-order chi connectivity index (χ1) is 10.1. The summed E-state index contributed by atoms with van der Waals surface area (Å²) in [5.74, 6) is 0.649. The van der Waals surface area contributed by atoms with Gasteiger partial charge in [0.2, 0.25) is 0 Å². The molecule has 0 saturated heterocycles. The fraction of sp³-hybridized carbons (Fsp3) is 0.500. The largest absolute Gasteiger partial charge is 0.480 e. The van der Waals surface area contributed by atoms with Crippen LogP contribution < -0.4 is 10.9 Å². The molecule has 1 atom stereocenters. The van der Waals surface area contributed by atoms with Crippen molar-refractivity contribution in [1.82, 2.24) is 10.3 Å². The molecule has 1 aromatic heterocycles. The van der Waals surface area contributed by atoms with E-state index in [2.05, 4.69) is 10.3 Å². The van der Waals surface area contributed by atoms with Crippen LogP contribution in [-0.4, -0.2) is 23.0 Å². The normalized spacial score (nSPS) is 20.9. The van der Waals surface area contributed by atoms with Crippen molar-refractivity contribution in [2.75, 3.05) is 0 Å². The predicted molar refractivity (Wildman–Crippen MR) is 79.8 cm³/mol. The first-order valence-electron chi connectivity index (χ1n) is 7.49. The number of aromatic nitrogens is 1. The van der Waals surface area contributed by atoms with Crippen molar-refractivity contribution >= 4 is 11.7 Å². The lowest BCUT2D eigenvalue weighted by atomic mass is 10.1. The van der Waals surface area contributed by atoms with Gasteiger partial charge in [-0.1, -0.05) is 6.92 Å². The molecule has 0 radical (unpaired) electrons. The number of ether oxygens (including phenoxy) is 1. The Morgan fingerprint density at radius 3 is 2.90 bits per heavy atom. The van der Waals surface area contributed by atoms with Crippen molar-refractivity contribution in [2.45, 2.75) is 51.7 Å². The molecule has 21 heavy (non-hydrogen) atoms. The smallest absolute Gasteiger partial charge is 0.261 e. The first-order valence-corrected chi connectivity index (χ1v) is 7.49. The molecule has 0 spiro atoms. The zero-order valence-corrected chi connectivity index (χ0v) is 12.4. The lowest BCUT2D eigenvalue weighted by Gasteiger charge is -2.14. The molecule has 1 amide bonds. The minimum atomic E-state index is -0.447. The van der Waals surface area contributed by atoms with Gasteiger partial charge in [-0.2, -0.15) is 0 Å². The van der Waals surface area contributed by atoms with E-state index in [-0.39, 0.29) is 11.5 Å². The van der Waals surface area contributed by atoms with Crippen LogP contribution in [0.15, 0.2) is 16.9 Å². The third-order valence-corrected chi connectivity index (χ3v) is 3.96.